The molecule has 0 aromatic carbocycles. The van der Waals surface area contributed by atoms with Crippen molar-refractivity contribution in [3.63, 3.8) is 0 Å². The van der Waals surface area contributed by atoms with Crippen LogP contribution in [0.25, 0.3) is 0 Å². The van der Waals surface area contributed by atoms with E-state index in [1.165, 1.54) is 25.7 Å². The van der Waals surface area contributed by atoms with Crippen molar-refractivity contribution in [2.45, 2.75) is 77.5 Å². The topological polar surface area (TPSA) is 41.6 Å². The Balaban J connectivity index is 1.89. The van der Waals surface area contributed by atoms with Crippen molar-refractivity contribution in [2.75, 3.05) is 13.1 Å². The molecule has 0 spiro atoms. The molecule has 1 aliphatic carbocycles. The minimum atomic E-state index is 0.115. The van der Waals surface area contributed by atoms with Gasteiger partial charge in [0.15, 0.2) is 0 Å². The zero-order valence-corrected chi connectivity index (χ0v) is 13.2. The fraction of sp³-hybridized carbons (Fsp3) is 0.938. The number of ether oxygens (including phenoxy) is 1. The van der Waals surface area contributed by atoms with Crippen LogP contribution in [0.15, 0.2) is 0 Å². The molecular weight excluding hydrogens is 252 g/mol. The molecule has 2 fully saturated rings. The predicted octanol–water partition coefficient (Wildman–Crippen LogP) is 3.16. The lowest BCUT2D eigenvalue weighted by Gasteiger charge is -2.39. The lowest BCUT2D eigenvalue weighted by Crippen LogP contribution is -2.55. The summed E-state index contributed by atoms with van der Waals surface area (Å²) in [6.45, 7) is 7.85. The first-order valence-corrected chi connectivity index (χ1v) is 8.34. The lowest BCUT2D eigenvalue weighted by atomic mass is 9.83. The average Bonchev–Trinajstić information content (AvgIpc) is 2.47. The van der Waals surface area contributed by atoms with Crippen molar-refractivity contribution in [1.29, 1.82) is 0 Å². The number of rotatable bonds is 3. The van der Waals surface area contributed by atoms with Crippen LogP contribution in [0, 0.1) is 5.92 Å². The highest BCUT2D eigenvalue weighted by Crippen LogP contribution is 2.27. The van der Waals surface area contributed by atoms with Gasteiger partial charge in [0.2, 0.25) is 0 Å². The standard InChI is InChI=1S/C16H30N2O2/c1-4-13-8-6-7-9-15(13)17-16(19)18-10-12(3)20-14(5-2)11-18/h12-15H,4-11H2,1-3H3,(H,17,19). The van der Waals surface area contributed by atoms with E-state index in [-0.39, 0.29) is 18.2 Å². The maximum absolute atomic E-state index is 12.5. The molecule has 2 rings (SSSR count). The molecule has 4 atom stereocenters. The fourth-order valence-corrected chi connectivity index (χ4v) is 3.57. The Morgan fingerprint density at radius 2 is 1.95 bits per heavy atom. The van der Waals surface area contributed by atoms with E-state index in [9.17, 15) is 4.79 Å². The summed E-state index contributed by atoms with van der Waals surface area (Å²) in [6.07, 6.45) is 7.44. The van der Waals surface area contributed by atoms with Crippen LogP contribution in [-0.4, -0.2) is 42.3 Å². The third-order valence-electron chi connectivity index (χ3n) is 4.81. The van der Waals surface area contributed by atoms with Gasteiger partial charge in [0.05, 0.1) is 12.2 Å². The molecule has 1 saturated heterocycles. The van der Waals surface area contributed by atoms with Crippen molar-refractivity contribution in [2.24, 2.45) is 5.92 Å². The number of morpholine rings is 1. The third-order valence-corrected chi connectivity index (χ3v) is 4.81. The SMILES string of the molecule is CCC1CN(C(=O)NC2CCCCC2CC)CC(C)O1. The summed E-state index contributed by atoms with van der Waals surface area (Å²) < 4.78 is 5.83. The summed E-state index contributed by atoms with van der Waals surface area (Å²) in [4.78, 5) is 14.4. The van der Waals surface area contributed by atoms with Crippen molar-refractivity contribution in [1.82, 2.24) is 10.2 Å². The van der Waals surface area contributed by atoms with Gasteiger partial charge in [0.25, 0.3) is 0 Å². The number of urea groups is 1. The maximum atomic E-state index is 12.5. The molecule has 1 heterocycles. The molecule has 20 heavy (non-hydrogen) atoms. The van der Waals surface area contributed by atoms with Crippen molar-refractivity contribution in [3.8, 4) is 0 Å². The van der Waals surface area contributed by atoms with Crippen LogP contribution < -0.4 is 5.32 Å². The Bertz CT molecular complexity index is 322. The van der Waals surface area contributed by atoms with Gasteiger partial charge in [0, 0.05) is 19.1 Å². The summed E-state index contributed by atoms with van der Waals surface area (Å²) in [5.74, 6) is 0.660. The Labute approximate surface area is 123 Å². The molecule has 1 saturated carbocycles. The van der Waals surface area contributed by atoms with Gasteiger partial charge in [-0.3, -0.25) is 0 Å². The van der Waals surface area contributed by atoms with E-state index < -0.39 is 0 Å². The summed E-state index contributed by atoms with van der Waals surface area (Å²) in [7, 11) is 0. The number of carbonyl (C=O) groups is 1. The second-order valence-electron chi connectivity index (χ2n) is 6.39. The molecule has 1 aliphatic heterocycles. The molecule has 0 aromatic heterocycles. The number of hydrogen-bond acceptors (Lipinski definition) is 2. The Hall–Kier alpha value is -0.770. The smallest absolute Gasteiger partial charge is 0.317 e. The third kappa shape index (κ3) is 3.87. The van der Waals surface area contributed by atoms with Crippen LogP contribution in [-0.2, 0) is 4.74 Å². The first-order valence-electron chi connectivity index (χ1n) is 8.34. The van der Waals surface area contributed by atoms with Crippen LogP contribution in [0.4, 0.5) is 4.79 Å². The molecule has 0 bridgehead atoms. The Morgan fingerprint density at radius 3 is 2.65 bits per heavy atom. The first kappa shape index (κ1) is 15.6. The van der Waals surface area contributed by atoms with Gasteiger partial charge in [-0.1, -0.05) is 33.1 Å². The molecule has 2 aliphatic rings. The maximum Gasteiger partial charge on any atom is 0.317 e. The predicted molar refractivity (Wildman–Crippen MR) is 80.8 cm³/mol. The van der Waals surface area contributed by atoms with E-state index in [4.69, 9.17) is 4.74 Å². The number of hydrogen-bond donors (Lipinski definition) is 1. The summed E-state index contributed by atoms with van der Waals surface area (Å²) in [5, 5.41) is 3.29. The van der Waals surface area contributed by atoms with E-state index in [0.29, 0.717) is 18.5 Å². The van der Waals surface area contributed by atoms with Gasteiger partial charge in [0.1, 0.15) is 0 Å². The van der Waals surface area contributed by atoms with E-state index in [2.05, 4.69) is 26.1 Å². The molecule has 4 unspecified atom stereocenters. The molecule has 2 amide bonds. The highest BCUT2D eigenvalue weighted by atomic mass is 16.5. The average molecular weight is 282 g/mol. The quantitative estimate of drug-likeness (QED) is 0.864. The van der Waals surface area contributed by atoms with Gasteiger partial charge in [-0.15, -0.1) is 0 Å². The Kier molecular flexibility index (Phi) is 5.70. The first-order chi connectivity index (χ1) is 9.63. The largest absolute Gasteiger partial charge is 0.372 e. The molecule has 1 N–H and O–H groups in total. The minimum absolute atomic E-state index is 0.115. The van der Waals surface area contributed by atoms with Gasteiger partial charge in [-0.05, 0) is 32.1 Å². The monoisotopic (exact) mass is 282 g/mol. The zero-order chi connectivity index (χ0) is 14.5. The second-order valence-corrected chi connectivity index (χ2v) is 6.39. The van der Waals surface area contributed by atoms with E-state index in [1.807, 2.05) is 4.90 Å². The van der Waals surface area contributed by atoms with Gasteiger partial charge in [-0.25, -0.2) is 4.79 Å². The number of nitrogens with one attached hydrogen (secondary N) is 1. The van der Waals surface area contributed by atoms with Crippen LogP contribution >= 0.6 is 0 Å². The van der Waals surface area contributed by atoms with Crippen LogP contribution in [0.3, 0.4) is 0 Å². The zero-order valence-electron chi connectivity index (χ0n) is 13.2. The number of nitrogens with zero attached hydrogens (tertiary/aromatic N) is 1. The molecule has 116 valence electrons. The number of amides is 2. The Morgan fingerprint density at radius 1 is 1.20 bits per heavy atom. The van der Waals surface area contributed by atoms with Crippen molar-refractivity contribution >= 4 is 6.03 Å². The van der Waals surface area contributed by atoms with Gasteiger partial charge in [-0.2, -0.15) is 0 Å². The molecule has 0 aromatic rings. The lowest BCUT2D eigenvalue weighted by molar-refractivity contribution is -0.0650. The van der Waals surface area contributed by atoms with E-state index in [1.54, 1.807) is 0 Å². The summed E-state index contributed by atoms with van der Waals surface area (Å²) in [6, 6.07) is 0.489. The van der Waals surface area contributed by atoms with Crippen LogP contribution in [0.1, 0.15) is 59.3 Å². The normalized spacial score (nSPS) is 34.9. The van der Waals surface area contributed by atoms with Crippen molar-refractivity contribution < 1.29 is 9.53 Å². The highest BCUT2D eigenvalue weighted by Gasteiger charge is 2.30. The molecule has 4 nitrogen and oxygen atoms in total. The van der Waals surface area contributed by atoms with E-state index >= 15 is 0 Å². The van der Waals surface area contributed by atoms with Crippen molar-refractivity contribution in [3.05, 3.63) is 0 Å². The second kappa shape index (κ2) is 7.30. The molecular formula is C16H30N2O2. The van der Waals surface area contributed by atoms with Gasteiger partial charge >= 0.3 is 6.03 Å². The molecule has 4 heteroatoms. The van der Waals surface area contributed by atoms with E-state index in [0.717, 1.165) is 19.4 Å². The highest BCUT2D eigenvalue weighted by molar-refractivity contribution is 5.74. The minimum Gasteiger partial charge on any atom is -0.372 e. The van der Waals surface area contributed by atoms with Gasteiger partial charge < -0.3 is 15.0 Å². The number of carbonyl (C=O) groups excluding carboxylic acids is 1. The van der Waals surface area contributed by atoms with Crippen LogP contribution in [0.2, 0.25) is 0 Å². The van der Waals surface area contributed by atoms with Crippen LogP contribution in [0.5, 0.6) is 0 Å². The molecule has 0 radical (unpaired) electrons. The summed E-state index contributed by atoms with van der Waals surface area (Å²) >= 11 is 0. The summed E-state index contributed by atoms with van der Waals surface area (Å²) in [5.41, 5.74) is 0. The fourth-order valence-electron chi connectivity index (χ4n) is 3.57.